The number of rotatable bonds is 5. The summed E-state index contributed by atoms with van der Waals surface area (Å²) in [5.74, 6) is 0. The molecular weight excluding hydrogens is 418 g/mol. The number of halogens is 1. The van der Waals surface area contributed by atoms with Crippen molar-refractivity contribution in [3.05, 3.63) is 53.1 Å². The molecule has 3 aromatic rings. The van der Waals surface area contributed by atoms with Gasteiger partial charge in [0, 0.05) is 6.61 Å². The molecule has 2 aromatic carbocycles. The van der Waals surface area contributed by atoms with Crippen molar-refractivity contribution in [1.82, 2.24) is 4.98 Å². The van der Waals surface area contributed by atoms with Crippen LogP contribution in [0.3, 0.4) is 0 Å². The van der Waals surface area contributed by atoms with Gasteiger partial charge in [0.05, 0.1) is 38.3 Å². The second kappa shape index (κ2) is 7.68. The van der Waals surface area contributed by atoms with Crippen LogP contribution in [-0.4, -0.2) is 32.7 Å². The van der Waals surface area contributed by atoms with Crippen molar-refractivity contribution < 1.29 is 13.2 Å². The summed E-state index contributed by atoms with van der Waals surface area (Å²) >= 11 is 7.29. The average Bonchev–Trinajstić information content (AvgIpc) is 3.35. The molecule has 0 spiro atoms. The van der Waals surface area contributed by atoms with E-state index in [1.54, 1.807) is 0 Å². The van der Waals surface area contributed by atoms with Crippen molar-refractivity contribution in [3.8, 4) is 6.07 Å². The topological polar surface area (TPSA) is 83.3 Å². The van der Waals surface area contributed by atoms with Gasteiger partial charge >= 0.3 is 0 Å². The van der Waals surface area contributed by atoms with Gasteiger partial charge in [-0.15, -0.1) is 0 Å². The van der Waals surface area contributed by atoms with E-state index in [-0.39, 0.29) is 28.1 Å². The first kappa shape index (κ1) is 19.2. The van der Waals surface area contributed by atoms with E-state index < -0.39 is 10.0 Å². The van der Waals surface area contributed by atoms with Crippen LogP contribution in [0.5, 0.6) is 0 Å². The lowest BCUT2D eigenvalue weighted by molar-refractivity contribution is 0.118. The molecule has 1 fully saturated rings. The predicted octanol–water partition coefficient (Wildman–Crippen LogP) is 4.20. The zero-order valence-electron chi connectivity index (χ0n) is 14.7. The Kier molecular flexibility index (Phi) is 5.25. The minimum absolute atomic E-state index is 0.00528. The third kappa shape index (κ3) is 3.59. The first-order valence-corrected chi connectivity index (χ1v) is 11.3. The van der Waals surface area contributed by atoms with Crippen LogP contribution in [-0.2, 0) is 14.8 Å². The highest BCUT2D eigenvalue weighted by Gasteiger charge is 2.32. The zero-order valence-corrected chi connectivity index (χ0v) is 17.1. The third-order valence-electron chi connectivity index (χ3n) is 4.54. The maximum Gasteiger partial charge on any atom is 0.266 e. The highest BCUT2D eigenvalue weighted by atomic mass is 35.5. The summed E-state index contributed by atoms with van der Waals surface area (Å²) < 4.78 is 34.8. The Balaban J connectivity index is 1.80. The van der Waals surface area contributed by atoms with Crippen LogP contribution < -0.4 is 4.31 Å². The normalized spacial score (nSPS) is 16.9. The fourth-order valence-corrected chi connectivity index (χ4v) is 5.91. The van der Waals surface area contributed by atoms with E-state index in [1.807, 2.05) is 30.3 Å². The van der Waals surface area contributed by atoms with E-state index in [0.29, 0.717) is 11.7 Å². The molecule has 0 radical (unpaired) electrons. The highest BCUT2D eigenvalue weighted by Crippen LogP contribution is 2.34. The smallest absolute Gasteiger partial charge is 0.266 e. The van der Waals surface area contributed by atoms with Gasteiger partial charge in [0.1, 0.15) is 6.07 Å². The van der Waals surface area contributed by atoms with Crippen molar-refractivity contribution in [2.75, 3.05) is 17.5 Å². The largest absolute Gasteiger partial charge is 0.376 e. The Morgan fingerprint density at radius 3 is 2.86 bits per heavy atom. The van der Waals surface area contributed by atoms with Crippen LogP contribution in [0.1, 0.15) is 18.4 Å². The number of hydrogen-bond acceptors (Lipinski definition) is 6. The van der Waals surface area contributed by atoms with Crippen LogP contribution in [0, 0.1) is 11.3 Å². The lowest BCUT2D eigenvalue weighted by atomic mass is 10.2. The highest BCUT2D eigenvalue weighted by molar-refractivity contribution is 7.93. The van der Waals surface area contributed by atoms with Crippen molar-refractivity contribution >= 4 is 48.3 Å². The number of fused-ring (bicyclic) bond motifs is 1. The molecule has 4 rings (SSSR count). The molecule has 6 nitrogen and oxygen atoms in total. The molecular formula is C19H16ClN3O3S2. The van der Waals surface area contributed by atoms with Crippen LogP contribution in [0.25, 0.3) is 10.2 Å². The number of thiazole rings is 1. The quantitative estimate of drug-likeness (QED) is 0.602. The average molecular weight is 434 g/mol. The molecule has 1 atom stereocenters. The molecule has 28 heavy (non-hydrogen) atoms. The summed E-state index contributed by atoms with van der Waals surface area (Å²) in [6, 6.07) is 13.6. The predicted molar refractivity (Wildman–Crippen MR) is 109 cm³/mol. The standard InChI is InChI=1S/C19H16ClN3O3S2/c20-16-8-7-15(10-13(16)11-21)28(24,25)23(12-14-4-3-9-26-14)19-22-17-5-1-2-6-18(17)27-19/h1-2,5-8,10,14H,3-4,9,12H2/t14-/m0/s1. The van der Waals surface area contributed by atoms with Gasteiger partial charge in [-0.3, -0.25) is 0 Å². The van der Waals surface area contributed by atoms with Crippen LogP contribution in [0.4, 0.5) is 5.13 Å². The molecule has 1 aliphatic heterocycles. The lowest BCUT2D eigenvalue weighted by Crippen LogP contribution is -2.37. The molecule has 0 unspecified atom stereocenters. The number of aromatic nitrogens is 1. The summed E-state index contributed by atoms with van der Waals surface area (Å²) in [4.78, 5) is 4.53. The summed E-state index contributed by atoms with van der Waals surface area (Å²) in [5.41, 5.74) is 0.855. The van der Waals surface area contributed by atoms with Crippen LogP contribution in [0.15, 0.2) is 47.4 Å². The van der Waals surface area contributed by atoms with Crippen molar-refractivity contribution in [3.63, 3.8) is 0 Å². The van der Waals surface area contributed by atoms with Gasteiger partial charge in [-0.25, -0.2) is 17.7 Å². The Morgan fingerprint density at radius 2 is 2.14 bits per heavy atom. The van der Waals surface area contributed by atoms with Gasteiger partial charge in [-0.2, -0.15) is 5.26 Å². The van der Waals surface area contributed by atoms with E-state index >= 15 is 0 Å². The molecule has 0 amide bonds. The number of hydrogen-bond donors (Lipinski definition) is 0. The number of ether oxygens (including phenoxy) is 1. The van der Waals surface area contributed by atoms with Gasteiger partial charge in [-0.1, -0.05) is 35.1 Å². The molecule has 9 heteroatoms. The molecule has 144 valence electrons. The van der Waals surface area contributed by atoms with Gasteiger partial charge < -0.3 is 4.74 Å². The van der Waals surface area contributed by atoms with E-state index in [1.165, 1.54) is 33.8 Å². The maximum atomic E-state index is 13.5. The first-order valence-electron chi connectivity index (χ1n) is 8.68. The van der Waals surface area contributed by atoms with Crippen LogP contribution >= 0.6 is 22.9 Å². The second-order valence-electron chi connectivity index (χ2n) is 6.39. The first-order chi connectivity index (χ1) is 13.5. The summed E-state index contributed by atoms with van der Waals surface area (Å²) in [6.07, 6.45) is 1.50. The zero-order chi connectivity index (χ0) is 19.7. The Bertz CT molecular complexity index is 1130. The van der Waals surface area contributed by atoms with Crippen LogP contribution in [0.2, 0.25) is 5.02 Å². The molecule has 0 saturated carbocycles. The Hall–Kier alpha value is -2.18. The van der Waals surface area contributed by atoms with E-state index in [9.17, 15) is 13.7 Å². The monoisotopic (exact) mass is 433 g/mol. The fraction of sp³-hybridized carbons (Fsp3) is 0.263. The molecule has 1 aliphatic rings. The van der Waals surface area contributed by atoms with Gasteiger partial charge in [0.25, 0.3) is 10.0 Å². The maximum absolute atomic E-state index is 13.5. The third-order valence-corrected chi connectivity index (χ3v) is 7.79. The lowest BCUT2D eigenvalue weighted by Gasteiger charge is -2.24. The fourth-order valence-electron chi connectivity index (χ4n) is 3.10. The number of benzene rings is 2. The number of anilines is 1. The Morgan fingerprint density at radius 1 is 1.32 bits per heavy atom. The minimum Gasteiger partial charge on any atom is -0.376 e. The second-order valence-corrected chi connectivity index (χ2v) is 9.67. The number of sulfonamides is 1. The summed E-state index contributed by atoms with van der Waals surface area (Å²) in [6.45, 7) is 0.796. The molecule has 2 heterocycles. The van der Waals surface area contributed by atoms with Crippen molar-refractivity contribution in [1.29, 1.82) is 5.26 Å². The molecule has 0 aliphatic carbocycles. The van der Waals surface area contributed by atoms with E-state index in [0.717, 1.165) is 23.1 Å². The molecule has 1 aromatic heterocycles. The minimum atomic E-state index is -3.95. The van der Waals surface area contributed by atoms with Gasteiger partial charge in [-0.05, 0) is 43.2 Å². The molecule has 0 bridgehead atoms. The molecule has 1 saturated heterocycles. The number of nitriles is 1. The summed E-state index contributed by atoms with van der Waals surface area (Å²) in [5, 5.41) is 9.81. The van der Waals surface area contributed by atoms with Gasteiger partial charge in [0.2, 0.25) is 5.13 Å². The Labute approximate surface area is 172 Å². The van der Waals surface area contributed by atoms with Crippen molar-refractivity contribution in [2.24, 2.45) is 0 Å². The van der Waals surface area contributed by atoms with Gasteiger partial charge in [0.15, 0.2) is 0 Å². The number of para-hydroxylation sites is 1. The van der Waals surface area contributed by atoms with Crippen molar-refractivity contribution in [2.45, 2.75) is 23.8 Å². The summed E-state index contributed by atoms with van der Waals surface area (Å²) in [7, 11) is -3.95. The van der Waals surface area contributed by atoms with E-state index in [2.05, 4.69) is 4.98 Å². The van der Waals surface area contributed by atoms with E-state index in [4.69, 9.17) is 16.3 Å². The SMILES string of the molecule is N#Cc1cc(S(=O)(=O)N(C[C@@H]2CCCO2)c2nc3ccccc3s2)ccc1Cl. The molecule has 0 N–H and O–H groups in total. The number of nitrogens with zero attached hydrogens (tertiary/aromatic N) is 3.